The standard InChI is InChI=1S/C18H22N2O2/c1-14-7-5-8-15(13-14)22-17-10-4-3-9-16(17)20-18(21)11-6-12-19-2/h3-5,7-10,13,19H,6,11-12H2,1-2H3,(H,20,21). The van der Waals surface area contributed by atoms with E-state index in [1.54, 1.807) is 0 Å². The number of amides is 1. The molecule has 0 aromatic heterocycles. The summed E-state index contributed by atoms with van der Waals surface area (Å²) >= 11 is 0. The fraction of sp³-hybridized carbons (Fsp3) is 0.278. The molecule has 1 amide bonds. The van der Waals surface area contributed by atoms with Gasteiger partial charge in [-0.25, -0.2) is 0 Å². The summed E-state index contributed by atoms with van der Waals surface area (Å²) < 4.78 is 5.89. The lowest BCUT2D eigenvalue weighted by Gasteiger charge is -2.12. The maximum Gasteiger partial charge on any atom is 0.224 e. The summed E-state index contributed by atoms with van der Waals surface area (Å²) in [5.41, 5.74) is 1.82. The first kappa shape index (κ1) is 16.0. The van der Waals surface area contributed by atoms with Crippen molar-refractivity contribution in [3.05, 3.63) is 54.1 Å². The Kier molecular flexibility index (Phi) is 5.98. The maximum atomic E-state index is 12.0. The minimum atomic E-state index is -0.00413. The van der Waals surface area contributed by atoms with E-state index in [1.165, 1.54) is 0 Å². The number of hydrogen-bond acceptors (Lipinski definition) is 3. The van der Waals surface area contributed by atoms with Gasteiger partial charge in [0.15, 0.2) is 5.75 Å². The molecular formula is C18H22N2O2. The molecule has 4 nitrogen and oxygen atoms in total. The molecule has 0 aliphatic heterocycles. The molecule has 0 heterocycles. The van der Waals surface area contributed by atoms with Gasteiger partial charge >= 0.3 is 0 Å². The van der Waals surface area contributed by atoms with Crippen LogP contribution in [0, 0.1) is 6.92 Å². The van der Waals surface area contributed by atoms with Gasteiger partial charge in [0.1, 0.15) is 5.75 Å². The number of ether oxygens (including phenoxy) is 1. The molecule has 0 atom stereocenters. The first-order valence-corrected chi connectivity index (χ1v) is 7.47. The zero-order chi connectivity index (χ0) is 15.8. The van der Waals surface area contributed by atoms with Crippen molar-refractivity contribution in [3.63, 3.8) is 0 Å². The second-order valence-electron chi connectivity index (χ2n) is 5.17. The van der Waals surface area contributed by atoms with Crippen LogP contribution in [0.5, 0.6) is 11.5 Å². The second-order valence-corrected chi connectivity index (χ2v) is 5.17. The van der Waals surface area contributed by atoms with Crippen LogP contribution in [0.4, 0.5) is 5.69 Å². The summed E-state index contributed by atoms with van der Waals surface area (Å²) in [4.78, 5) is 12.0. The summed E-state index contributed by atoms with van der Waals surface area (Å²) in [6.07, 6.45) is 1.29. The lowest BCUT2D eigenvalue weighted by atomic mass is 10.2. The Morgan fingerprint density at radius 3 is 2.73 bits per heavy atom. The highest BCUT2D eigenvalue weighted by Crippen LogP contribution is 2.29. The number of hydrogen-bond donors (Lipinski definition) is 2. The topological polar surface area (TPSA) is 50.4 Å². The van der Waals surface area contributed by atoms with Crippen molar-refractivity contribution in [3.8, 4) is 11.5 Å². The highest BCUT2D eigenvalue weighted by atomic mass is 16.5. The molecule has 0 radical (unpaired) electrons. The summed E-state index contributed by atoms with van der Waals surface area (Å²) in [6, 6.07) is 15.3. The Bertz CT molecular complexity index is 626. The number of nitrogens with one attached hydrogen (secondary N) is 2. The summed E-state index contributed by atoms with van der Waals surface area (Å²) in [5.74, 6) is 1.41. The Balaban J connectivity index is 2.05. The quantitative estimate of drug-likeness (QED) is 0.766. The van der Waals surface area contributed by atoms with Gasteiger partial charge in [0.25, 0.3) is 0 Å². The van der Waals surface area contributed by atoms with Crippen LogP contribution in [0.2, 0.25) is 0 Å². The molecule has 22 heavy (non-hydrogen) atoms. The molecule has 0 aliphatic carbocycles. The Morgan fingerprint density at radius 2 is 1.95 bits per heavy atom. The fourth-order valence-electron chi connectivity index (χ4n) is 2.10. The minimum Gasteiger partial charge on any atom is -0.455 e. The van der Waals surface area contributed by atoms with E-state index < -0.39 is 0 Å². The van der Waals surface area contributed by atoms with Gasteiger partial charge in [-0.2, -0.15) is 0 Å². The van der Waals surface area contributed by atoms with Crippen molar-refractivity contribution < 1.29 is 9.53 Å². The number of para-hydroxylation sites is 2. The van der Waals surface area contributed by atoms with Crippen molar-refractivity contribution in [2.24, 2.45) is 0 Å². The molecule has 4 heteroatoms. The van der Waals surface area contributed by atoms with Crippen molar-refractivity contribution in [1.29, 1.82) is 0 Å². The molecule has 2 aromatic carbocycles. The zero-order valence-corrected chi connectivity index (χ0v) is 13.1. The summed E-state index contributed by atoms with van der Waals surface area (Å²) in [5, 5.41) is 5.94. The number of anilines is 1. The molecule has 0 bridgehead atoms. The Labute approximate surface area is 131 Å². The van der Waals surface area contributed by atoms with Crippen molar-refractivity contribution in [1.82, 2.24) is 5.32 Å². The largest absolute Gasteiger partial charge is 0.455 e. The van der Waals surface area contributed by atoms with Crippen molar-refractivity contribution in [2.75, 3.05) is 18.9 Å². The van der Waals surface area contributed by atoms with E-state index in [1.807, 2.05) is 62.5 Å². The lowest BCUT2D eigenvalue weighted by molar-refractivity contribution is -0.116. The SMILES string of the molecule is CNCCCC(=O)Nc1ccccc1Oc1cccc(C)c1. The fourth-order valence-corrected chi connectivity index (χ4v) is 2.10. The average molecular weight is 298 g/mol. The van der Waals surface area contributed by atoms with Crippen LogP contribution < -0.4 is 15.4 Å². The van der Waals surface area contributed by atoms with Crippen LogP contribution in [-0.4, -0.2) is 19.5 Å². The third-order valence-electron chi connectivity index (χ3n) is 3.21. The van der Waals surface area contributed by atoms with E-state index in [0.29, 0.717) is 17.9 Å². The van der Waals surface area contributed by atoms with E-state index in [4.69, 9.17) is 4.74 Å². The monoisotopic (exact) mass is 298 g/mol. The van der Waals surface area contributed by atoms with Crippen LogP contribution in [0.1, 0.15) is 18.4 Å². The number of aryl methyl sites for hydroxylation is 1. The number of carbonyl (C=O) groups is 1. The normalized spacial score (nSPS) is 10.3. The van der Waals surface area contributed by atoms with Crippen LogP contribution in [0.15, 0.2) is 48.5 Å². The van der Waals surface area contributed by atoms with Crippen LogP contribution in [0.3, 0.4) is 0 Å². The van der Waals surface area contributed by atoms with E-state index in [2.05, 4.69) is 10.6 Å². The van der Waals surface area contributed by atoms with Gasteiger partial charge in [-0.05, 0) is 56.8 Å². The third kappa shape index (κ3) is 4.90. The number of benzene rings is 2. The third-order valence-corrected chi connectivity index (χ3v) is 3.21. The molecule has 2 rings (SSSR count). The first-order chi connectivity index (χ1) is 10.7. The predicted molar refractivity (Wildman–Crippen MR) is 89.5 cm³/mol. The van der Waals surface area contributed by atoms with Crippen LogP contribution >= 0.6 is 0 Å². The molecule has 2 N–H and O–H groups in total. The smallest absolute Gasteiger partial charge is 0.224 e. The van der Waals surface area contributed by atoms with Crippen LogP contribution in [-0.2, 0) is 4.79 Å². The first-order valence-electron chi connectivity index (χ1n) is 7.47. The second kappa shape index (κ2) is 8.20. The van der Waals surface area contributed by atoms with E-state index in [-0.39, 0.29) is 5.91 Å². The molecule has 116 valence electrons. The predicted octanol–water partition coefficient (Wildman–Crippen LogP) is 3.73. The van der Waals surface area contributed by atoms with Gasteiger partial charge in [-0.15, -0.1) is 0 Å². The number of rotatable bonds is 7. The highest BCUT2D eigenvalue weighted by molar-refractivity contribution is 5.92. The van der Waals surface area contributed by atoms with E-state index >= 15 is 0 Å². The Morgan fingerprint density at radius 1 is 1.14 bits per heavy atom. The van der Waals surface area contributed by atoms with E-state index in [9.17, 15) is 4.79 Å². The van der Waals surface area contributed by atoms with Gasteiger partial charge in [-0.1, -0.05) is 24.3 Å². The summed E-state index contributed by atoms with van der Waals surface area (Å²) in [7, 11) is 1.88. The van der Waals surface area contributed by atoms with Crippen LogP contribution in [0.25, 0.3) is 0 Å². The van der Waals surface area contributed by atoms with Gasteiger partial charge in [0, 0.05) is 6.42 Å². The van der Waals surface area contributed by atoms with E-state index in [0.717, 1.165) is 24.3 Å². The molecule has 0 unspecified atom stereocenters. The molecule has 0 aliphatic rings. The molecule has 0 fully saturated rings. The van der Waals surface area contributed by atoms with Gasteiger partial charge < -0.3 is 15.4 Å². The number of carbonyl (C=O) groups excluding carboxylic acids is 1. The van der Waals surface area contributed by atoms with Crippen molar-refractivity contribution >= 4 is 11.6 Å². The van der Waals surface area contributed by atoms with Crippen molar-refractivity contribution in [2.45, 2.75) is 19.8 Å². The van der Waals surface area contributed by atoms with Gasteiger partial charge in [0.2, 0.25) is 5.91 Å². The average Bonchev–Trinajstić information content (AvgIpc) is 2.50. The summed E-state index contributed by atoms with van der Waals surface area (Å²) in [6.45, 7) is 2.84. The lowest BCUT2D eigenvalue weighted by Crippen LogP contribution is -2.15. The molecule has 0 saturated heterocycles. The zero-order valence-electron chi connectivity index (χ0n) is 13.1. The van der Waals surface area contributed by atoms with Gasteiger partial charge in [0.05, 0.1) is 5.69 Å². The minimum absolute atomic E-state index is 0.00413. The van der Waals surface area contributed by atoms with Gasteiger partial charge in [-0.3, -0.25) is 4.79 Å². The Hall–Kier alpha value is -2.33. The molecule has 0 saturated carbocycles. The maximum absolute atomic E-state index is 12.0. The highest BCUT2D eigenvalue weighted by Gasteiger charge is 2.08. The molecular weight excluding hydrogens is 276 g/mol. The molecule has 2 aromatic rings. The molecule has 0 spiro atoms.